The Bertz CT molecular complexity index is 1050. The van der Waals surface area contributed by atoms with Gasteiger partial charge in [-0.25, -0.2) is 0 Å². The summed E-state index contributed by atoms with van der Waals surface area (Å²) in [5.41, 5.74) is 11.6. The molecular formula is C30H35ClN2. The maximum atomic E-state index is 6.34. The number of hydrogen-bond acceptors (Lipinski definition) is 2. The van der Waals surface area contributed by atoms with Crippen LogP contribution >= 0.6 is 11.6 Å². The zero-order chi connectivity index (χ0) is 23.3. The van der Waals surface area contributed by atoms with E-state index in [0.717, 1.165) is 36.5 Å². The van der Waals surface area contributed by atoms with E-state index in [0.29, 0.717) is 5.92 Å². The Morgan fingerprint density at radius 1 is 1.06 bits per heavy atom. The lowest BCUT2D eigenvalue weighted by molar-refractivity contribution is 0.120. The molecule has 0 fully saturated rings. The number of anilines is 1. The molecule has 4 rings (SSSR count). The Balaban J connectivity index is 1.86. The van der Waals surface area contributed by atoms with Gasteiger partial charge in [-0.1, -0.05) is 72.8 Å². The number of nitrogens with two attached hydrogens (primary N) is 1. The number of rotatable bonds is 8. The maximum Gasteiger partial charge on any atom is 0.0724 e. The van der Waals surface area contributed by atoms with Gasteiger partial charge in [0.05, 0.1) is 5.54 Å². The van der Waals surface area contributed by atoms with E-state index in [9.17, 15) is 0 Å². The molecule has 0 aromatic heterocycles. The molecule has 2 aromatic rings. The molecule has 2 atom stereocenters. The van der Waals surface area contributed by atoms with Crippen LogP contribution in [-0.2, 0) is 12.1 Å². The Labute approximate surface area is 204 Å². The number of benzene rings is 2. The SMILES string of the molecule is C=CC1=CCCC=C1C(CC1C=CCCC1)(c1ccc(Cl)cc1)N(C)Cc1ccc(N)cc1. The molecule has 2 unspecified atom stereocenters. The van der Waals surface area contributed by atoms with E-state index in [2.05, 4.69) is 67.1 Å². The normalized spacial score (nSPS) is 20.2. The molecule has 0 saturated carbocycles. The van der Waals surface area contributed by atoms with Crippen LogP contribution in [0.2, 0.25) is 5.02 Å². The van der Waals surface area contributed by atoms with Crippen LogP contribution in [-0.4, -0.2) is 11.9 Å². The molecular weight excluding hydrogens is 424 g/mol. The predicted octanol–water partition coefficient (Wildman–Crippen LogP) is 7.83. The van der Waals surface area contributed by atoms with E-state index >= 15 is 0 Å². The Morgan fingerprint density at radius 2 is 1.79 bits per heavy atom. The fourth-order valence-corrected chi connectivity index (χ4v) is 5.58. The van der Waals surface area contributed by atoms with Gasteiger partial charge in [-0.05, 0) is 98.0 Å². The number of nitrogen functional groups attached to an aromatic ring is 1. The lowest BCUT2D eigenvalue weighted by Gasteiger charge is -2.47. The monoisotopic (exact) mass is 458 g/mol. The highest BCUT2D eigenvalue weighted by atomic mass is 35.5. The summed E-state index contributed by atoms with van der Waals surface area (Å²) < 4.78 is 0. The van der Waals surface area contributed by atoms with Gasteiger partial charge in [0, 0.05) is 17.3 Å². The molecule has 0 aliphatic heterocycles. The van der Waals surface area contributed by atoms with Crippen molar-refractivity contribution in [1.82, 2.24) is 4.90 Å². The summed E-state index contributed by atoms with van der Waals surface area (Å²) in [5, 5.41) is 0.767. The van der Waals surface area contributed by atoms with Crippen LogP contribution in [0, 0.1) is 5.92 Å². The zero-order valence-electron chi connectivity index (χ0n) is 19.6. The number of allylic oxidation sites excluding steroid dienone is 5. The first-order valence-electron chi connectivity index (χ1n) is 12.0. The summed E-state index contributed by atoms with van der Waals surface area (Å²) in [4.78, 5) is 2.53. The highest BCUT2D eigenvalue weighted by Crippen LogP contribution is 2.47. The minimum atomic E-state index is -0.293. The van der Waals surface area contributed by atoms with Crippen LogP contribution in [0.25, 0.3) is 0 Å². The van der Waals surface area contributed by atoms with Crippen LogP contribution in [0.1, 0.15) is 49.7 Å². The predicted molar refractivity (Wildman–Crippen MR) is 142 cm³/mol. The molecule has 0 bridgehead atoms. The van der Waals surface area contributed by atoms with Gasteiger partial charge in [-0.3, -0.25) is 4.90 Å². The lowest BCUT2D eigenvalue weighted by Crippen LogP contribution is -2.47. The van der Waals surface area contributed by atoms with Gasteiger partial charge < -0.3 is 5.73 Å². The van der Waals surface area contributed by atoms with E-state index in [4.69, 9.17) is 17.3 Å². The maximum absolute atomic E-state index is 6.34. The Kier molecular flexibility index (Phi) is 7.57. The lowest BCUT2D eigenvalue weighted by atomic mass is 9.69. The second-order valence-corrected chi connectivity index (χ2v) is 9.78. The standard InChI is InChI=1S/C30H35ClN2/c1-3-25-11-7-8-12-29(25)30(21-23-9-5-4-6-10-23,26-15-17-27(31)18-16-26)33(2)22-24-13-19-28(32)20-14-24/h3,5,9,11-20,23H,1,4,6-8,10,21-22,32H2,2H3. The van der Waals surface area contributed by atoms with Crippen LogP contribution in [0.4, 0.5) is 5.69 Å². The van der Waals surface area contributed by atoms with E-state index in [1.54, 1.807) is 0 Å². The van der Waals surface area contributed by atoms with Gasteiger partial charge in [0.15, 0.2) is 0 Å². The molecule has 2 nitrogen and oxygen atoms in total. The van der Waals surface area contributed by atoms with Crippen molar-refractivity contribution in [2.45, 2.75) is 50.6 Å². The summed E-state index contributed by atoms with van der Waals surface area (Å²) in [7, 11) is 2.26. The topological polar surface area (TPSA) is 29.3 Å². The van der Waals surface area contributed by atoms with Crippen molar-refractivity contribution in [1.29, 1.82) is 0 Å². The Morgan fingerprint density at radius 3 is 2.45 bits per heavy atom. The van der Waals surface area contributed by atoms with Crippen LogP contribution in [0.5, 0.6) is 0 Å². The summed E-state index contributed by atoms with van der Waals surface area (Å²) >= 11 is 6.34. The third-order valence-corrected chi connectivity index (χ3v) is 7.39. The Hall–Kier alpha value is -2.55. The van der Waals surface area contributed by atoms with Gasteiger partial charge in [-0.15, -0.1) is 0 Å². The molecule has 0 radical (unpaired) electrons. The molecule has 33 heavy (non-hydrogen) atoms. The minimum absolute atomic E-state index is 0.293. The van der Waals surface area contributed by atoms with Gasteiger partial charge >= 0.3 is 0 Å². The average Bonchev–Trinajstić information content (AvgIpc) is 2.85. The first-order chi connectivity index (χ1) is 16.0. The molecule has 2 aliphatic carbocycles. The zero-order valence-corrected chi connectivity index (χ0v) is 20.4. The van der Waals surface area contributed by atoms with Crippen molar-refractivity contribution in [3.8, 4) is 0 Å². The van der Waals surface area contributed by atoms with Crippen LogP contribution in [0.3, 0.4) is 0 Å². The number of likely N-dealkylation sites (N-methyl/N-ethyl adjacent to an activating group) is 1. The van der Waals surface area contributed by atoms with Crippen molar-refractivity contribution in [3.05, 3.63) is 113 Å². The molecule has 2 N–H and O–H groups in total. The third-order valence-electron chi connectivity index (χ3n) is 7.14. The fourth-order valence-electron chi connectivity index (χ4n) is 5.45. The molecule has 2 aliphatic rings. The van der Waals surface area contributed by atoms with E-state index in [-0.39, 0.29) is 5.54 Å². The minimum Gasteiger partial charge on any atom is -0.399 e. The van der Waals surface area contributed by atoms with Crippen molar-refractivity contribution >= 4 is 17.3 Å². The fraction of sp³-hybridized carbons (Fsp3) is 0.333. The van der Waals surface area contributed by atoms with E-state index < -0.39 is 0 Å². The first kappa shape index (κ1) is 23.6. The molecule has 172 valence electrons. The second kappa shape index (κ2) is 10.6. The summed E-state index contributed by atoms with van der Waals surface area (Å²) in [6.07, 6.45) is 18.4. The number of halogens is 1. The van der Waals surface area contributed by atoms with Crippen LogP contribution in [0.15, 0.2) is 96.6 Å². The van der Waals surface area contributed by atoms with Crippen molar-refractivity contribution in [3.63, 3.8) is 0 Å². The molecule has 0 amide bonds. The molecule has 0 heterocycles. The quantitative estimate of drug-likeness (QED) is 0.322. The molecule has 2 aromatic carbocycles. The van der Waals surface area contributed by atoms with Gasteiger partial charge in [0.25, 0.3) is 0 Å². The summed E-state index contributed by atoms with van der Waals surface area (Å²) in [5.74, 6) is 0.525. The van der Waals surface area contributed by atoms with E-state index in [1.807, 2.05) is 30.3 Å². The average molecular weight is 459 g/mol. The van der Waals surface area contributed by atoms with Crippen molar-refractivity contribution in [2.24, 2.45) is 5.92 Å². The number of nitrogens with zero attached hydrogens (tertiary/aromatic N) is 1. The first-order valence-corrected chi connectivity index (χ1v) is 12.4. The largest absolute Gasteiger partial charge is 0.399 e. The third kappa shape index (κ3) is 5.18. The number of hydrogen-bond donors (Lipinski definition) is 1. The highest BCUT2D eigenvalue weighted by molar-refractivity contribution is 6.30. The summed E-state index contributed by atoms with van der Waals surface area (Å²) in [6.45, 7) is 5.00. The van der Waals surface area contributed by atoms with Crippen molar-refractivity contribution < 1.29 is 0 Å². The van der Waals surface area contributed by atoms with Crippen molar-refractivity contribution in [2.75, 3.05) is 12.8 Å². The van der Waals surface area contributed by atoms with Gasteiger partial charge in [0.2, 0.25) is 0 Å². The molecule has 0 spiro atoms. The highest BCUT2D eigenvalue weighted by Gasteiger charge is 2.43. The summed E-state index contributed by atoms with van der Waals surface area (Å²) in [6, 6.07) is 16.7. The second-order valence-electron chi connectivity index (χ2n) is 9.35. The smallest absolute Gasteiger partial charge is 0.0724 e. The van der Waals surface area contributed by atoms with Gasteiger partial charge in [0.1, 0.15) is 0 Å². The molecule has 3 heteroatoms. The molecule has 0 saturated heterocycles. The van der Waals surface area contributed by atoms with Crippen LogP contribution < -0.4 is 5.73 Å². The van der Waals surface area contributed by atoms with Gasteiger partial charge in [-0.2, -0.15) is 0 Å². The van der Waals surface area contributed by atoms with E-state index in [1.165, 1.54) is 41.5 Å².